The van der Waals surface area contributed by atoms with Gasteiger partial charge in [-0.05, 0) is 24.5 Å². The first-order valence-electron chi connectivity index (χ1n) is 6.90. The Kier molecular flexibility index (Phi) is 9.65. The molecule has 112 valence electrons. The van der Waals surface area contributed by atoms with Gasteiger partial charge in [0.1, 0.15) is 10.1 Å². The molecule has 0 heterocycles. The van der Waals surface area contributed by atoms with Crippen LogP contribution in [0.25, 0.3) is 0 Å². The van der Waals surface area contributed by atoms with Crippen molar-refractivity contribution in [1.82, 2.24) is 0 Å². The van der Waals surface area contributed by atoms with Crippen molar-refractivity contribution in [3.05, 3.63) is 29.8 Å². The van der Waals surface area contributed by atoms with Gasteiger partial charge in [-0.1, -0.05) is 45.2 Å². The van der Waals surface area contributed by atoms with Gasteiger partial charge < -0.3 is 4.55 Å². The summed E-state index contributed by atoms with van der Waals surface area (Å²) >= 11 is 0. The van der Waals surface area contributed by atoms with Crippen molar-refractivity contribution < 1.29 is 47.3 Å². The van der Waals surface area contributed by atoms with Crippen LogP contribution in [0.15, 0.2) is 29.2 Å². The summed E-state index contributed by atoms with van der Waals surface area (Å²) in [5.41, 5.74) is 0.459. The summed E-state index contributed by atoms with van der Waals surface area (Å²) in [6.45, 7) is 4.35. The molecular weight excluding hydrogens is 299 g/mol. The topological polar surface area (TPSA) is 74.3 Å². The van der Waals surface area contributed by atoms with E-state index >= 15 is 0 Å². The second kappa shape index (κ2) is 9.74. The summed E-state index contributed by atoms with van der Waals surface area (Å²) in [6, 6.07) is 5.19. The first kappa shape index (κ1) is 20.8. The Morgan fingerprint density at radius 1 is 1.10 bits per heavy atom. The zero-order valence-electron chi connectivity index (χ0n) is 13.0. The van der Waals surface area contributed by atoms with Crippen LogP contribution < -0.4 is 29.6 Å². The molecule has 0 spiro atoms. The monoisotopic (exact) mass is 320 g/mol. The van der Waals surface area contributed by atoms with Crippen molar-refractivity contribution in [2.45, 2.75) is 50.8 Å². The predicted molar refractivity (Wildman–Crippen MR) is 76.7 cm³/mol. The van der Waals surface area contributed by atoms with Gasteiger partial charge in [0.25, 0.3) is 0 Å². The van der Waals surface area contributed by atoms with Gasteiger partial charge in [-0.15, -0.1) is 0 Å². The number of carbonyl (C=O) groups excluding carboxylic acids is 1. The third-order valence-corrected chi connectivity index (χ3v) is 4.00. The molecule has 0 fully saturated rings. The van der Waals surface area contributed by atoms with Crippen LogP contribution in [-0.4, -0.2) is 18.8 Å². The average Bonchev–Trinajstić information content (AvgIpc) is 2.37. The van der Waals surface area contributed by atoms with Gasteiger partial charge in [-0.2, -0.15) is 0 Å². The molecule has 0 N–H and O–H groups in total. The number of carbonyl (C=O) groups is 1. The first-order chi connectivity index (χ1) is 9.30. The molecule has 0 saturated carbocycles. The van der Waals surface area contributed by atoms with Crippen molar-refractivity contribution in [2.24, 2.45) is 5.92 Å². The largest absolute Gasteiger partial charge is 1.00 e. The Bertz CT molecular complexity index is 535. The fraction of sp³-hybridized carbons (Fsp3) is 0.533. The Labute approximate surface area is 149 Å². The summed E-state index contributed by atoms with van der Waals surface area (Å²) in [5, 5.41) is 0. The van der Waals surface area contributed by atoms with E-state index in [-0.39, 0.29) is 40.2 Å². The van der Waals surface area contributed by atoms with Crippen molar-refractivity contribution in [1.29, 1.82) is 0 Å². The van der Waals surface area contributed by atoms with E-state index in [2.05, 4.69) is 13.8 Å². The van der Waals surface area contributed by atoms with Crippen LogP contribution in [-0.2, 0) is 10.1 Å². The van der Waals surface area contributed by atoms with E-state index in [1.165, 1.54) is 30.7 Å². The second-order valence-corrected chi connectivity index (χ2v) is 6.77. The number of benzene rings is 1. The molecule has 0 bridgehead atoms. The van der Waals surface area contributed by atoms with Crippen LogP contribution in [0.5, 0.6) is 0 Å². The number of unbranched alkanes of at least 4 members (excludes halogenated alkanes) is 2. The zero-order valence-corrected chi connectivity index (χ0v) is 15.8. The molecule has 0 radical (unpaired) electrons. The zero-order chi connectivity index (χ0) is 15.2. The van der Waals surface area contributed by atoms with Gasteiger partial charge in [0.05, 0.1) is 4.90 Å². The maximum atomic E-state index is 11.9. The molecule has 6 heteroatoms. The minimum absolute atomic E-state index is 0. The Morgan fingerprint density at radius 2 is 1.67 bits per heavy atom. The Hall–Kier alpha value is -0.200. The van der Waals surface area contributed by atoms with E-state index in [1.807, 2.05) is 0 Å². The summed E-state index contributed by atoms with van der Waals surface area (Å²) < 4.78 is 32.3. The molecule has 4 nitrogen and oxygen atoms in total. The molecule has 0 aliphatic rings. The summed E-state index contributed by atoms with van der Waals surface area (Å²) in [5.74, 6) is 0.677. The molecule has 21 heavy (non-hydrogen) atoms. The van der Waals surface area contributed by atoms with Gasteiger partial charge in [0.15, 0.2) is 5.78 Å². The molecule has 0 aliphatic carbocycles. The number of hydrogen-bond donors (Lipinski definition) is 0. The Balaban J connectivity index is 0.00000400. The van der Waals surface area contributed by atoms with Crippen LogP contribution in [0, 0.1) is 5.92 Å². The molecule has 1 rings (SSSR count). The maximum absolute atomic E-state index is 11.9. The van der Waals surface area contributed by atoms with Crippen molar-refractivity contribution in [2.75, 3.05) is 0 Å². The van der Waals surface area contributed by atoms with E-state index < -0.39 is 10.1 Å². The average molecular weight is 320 g/mol. The van der Waals surface area contributed by atoms with Crippen LogP contribution >= 0.6 is 0 Å². The maximum Gasteiger partial charge on any atom is 1.00 e. The first-order valence-corrected chi connectivity index (χ1v) is 8.30. The number of hydrogen-bond acceptors (Lipinski definition) is 4. The molecule has 0 amide bonds. The van der Waals surface area contributed by atoms with E-state index in [4.69, 9.17) is 0 Å². The van der Waals surface area contributed by atoms with Crippen LogP contribution in [0.1, 0.15) is 56.3 Å². The predicted octanol–water partition coefficient (Wildman–Crippen LogP) is 0.384. The van der Waals surface area contributed by atoms with E-state index in [0.717, 1.165) is 19.3 Å². The fourth-order valence-electron chi connectivity index (χ4n) is 1.97. The van der Waals surface area contributed by atoms with Gasteiger partial charge in [0, 0.05) is 12.0 Å². The van der Waals surface area contributed by atoms with Crippen LogP contribution in [0.4, 0.5) is 0 Å². The Morgan fingerprint density at radius 3 is 2.14 bits per heavy atom. The van der Waals surface area contributed by atoms with Gasteiger partial charge in [0.2, 0.25) is 0 Å². The molecule has 0 aromatic heterocycles. The second-order valence-electron chi connectivity index (χ2n) is 5.39. The van der Waals surface area contributed by atoms with Gasteiger partial charge >= 0.3 is 29.6 Å². The minimum atomic E-state index is -4.44. The number of rotatable bonds is 8. The van der Waals surface area contributed by atoms with Crippen molar-refractivity contribution in [3.8, 4) is 0 Å². The summed E-state index contributed by atoms with van der Waals surface area (Å²) in [6.07, 6.45) is 4.62. The smallest absolute Gasteiger partial charge is 0.744 e. The van der Waals surface area contributed by atoms with Crippen molar-refractivity contribution in [3.63, 3.8) is 0 Å². The third-order valence-electron chi connectivity index (χ3n) is 3.15. The van der Waals surface area contributed by atoms with Gasteiger partial charge in [-0.3, -0.25) is 4.79 Å². The standard InChI is InChI=1S/C15H22O4S.Na/c1-12(2)6-4-3-5-7-15(16)13-8-10-14(11-9-13)20(17,18)19;/h8-12H,3-7H2,1-2H3,(H,17,18,19);/q;+1/p-1. The van der Waals surface area contributed by atoms with E-state index in [0.29, 0.717) is 17.9 Å². The third kappa shape index (κ3) is 8.12. The van der Waals surface area contributed by atoms with Gasteiger partial charge in [-0.25, -0.2) is 8.42 Å². The fourth-order valence-corrected chi connectivity index (χ4v) is 2.44. The molecular formula is C15H21NaO4S. The molecule has 0 unspecified atom stereocenters. The molecule has 0 saturated heterocycles. The van der Waals surface area contributed by atoms with E-state index in [1.54, 1.807) is 0 Å². The van der Waals surface area contributed by atoms with Crippen LogP contribution in [0.2, 0.25) is 0 Å². The number of Topliss-reactive ketones (excluding diaryl/α,β-unsaturated/α-hetero) is 1. The quantitative estimate of drug-likeness (QED) is 0.300. The number of ketones is 1. The molecule has 1 aromatic carbocycles. The van der Waals surface area contributed by atoms with Crippen LogP contribution in [0.3, 0.4) is 0 Å². The molecule has 0 aliphatic heterocycles. The molecule has 1 aromatic rings. The summed E-state index contributed by atoms with van der Waals surface area (Å²) in [7, 11) is -4.44. The normalized spacial score (nSPS) is 11.2. The van der Waals surface area contributed by atoms with Crippen molar-refractivity contribution >= 4 is 15.9 Å². The summed E-state index contributed by atoms with van der Waals surface area (Å²) in [4.78, 5) is 11.6. The van der Waals surface area contributed by atoms with E-state index in [9.17, 15) is 17.8 Å². The molecule has 0 atom stereocenters. The minimum Gasteiger partial charge on any atom is -0.744 e. The SMILES string of the molecule is CC(C)CCCCCC(=O)c1ccc(S(=O)(=O)[O-])cc1.[Na+].